The van der Waals surface area contributed by atoms with Crippen LogP contribution in [-0.2, 0) is 14.3 Å². The molecule has 0 spiro atoms. The minimum absolute atomic E-state index is 0.0247. The van der Waals surface area contributed by atoms with E-state index in [0.717, 1.165) is 12.8 Å². The third-order valence-corrected chi connectivity index (χ3v) is 6.35. The summed E-state index contributed by atoms with van der Waals surface area (Å²) < 4.78 is 5.44. The van der Waals surface area contributed by atoms with E-state index in [0.29, 0.717) is 30.5 Å². The number of phenolic OH excluding ortho intramolecular Hbond substituents is 1. The fraction of sp³-hybridized carbons (Fsp3) is 0.690. The van der Waals surface area contributed by atoms with Crippen molar-refractivity contribution in [2.24, 2.45) is 5.92 Å². The largest absolute Gasteiger partial charge is 0.507 e. The predicted octanol–water partition coefficient (Wildman–Crippen LogP) is 5.61. The SMILES string of the molecule is CCCCNC(=O)C(c1cccc(C)c1O)N(C(=O)C(CC(C)C)NC(=O)OC(C)(C)C)C(C)(C)CC. The lowest BCUT2D eigenvalue weighted by Crippen LogP contribution is -2.59. The summed E-state index contributed by atoms with van der Waals surface area (Å²) >= 11 is 0. The quantitative estimate of drug-likeness (QED) is 0.311. The molecule has 1 rings (SSSR count). The summed E-state index contributed by atoms with van der Waals surface area (Å²) in [5, 5.41) is 16.7. The van der Waals surface area contributed by atoms with Crippen molar-refractivity contribution in [1.82, 2.24) is 15.5 Å². The van der Waals surface area contributed by atoms with Gasteiger partial charge in [0.05, 0.1) is 0 Å². The van der Waals surface area contributed by atoms with E-state index >= 15 is 0 Å². The Hall–Kier alpha value is -2.77. The van der Waals surface area contributed by atoms with Crippen LogP contribution in [0, 0.1) is 12.8 Å². The van der Waals surface area contributed by atoms with Gasteiger partial charge in [-0.1, -0.05) is 52.3 Å². The zero-order chi connectivity index (χ0) is 28.6. The molecule has 2 atom stereocenters. The van der Waals surface area contributed by atoms with Gasteiger partial charge in [0.15, 0.2) is 0 Å². The topological polar surface area (TPSA) is 108 Å². The summed E-state index contributed by atoms with van der Waals surface area (Å²) in [4.78, 5) is 42.3. The van der Waals surface area contributed by atoms with Crippen molar-refractivity contribution in [1.29, 1.82) is 0 Å². The number of benzene rings is 1. The van der Waals surface area contributed by atoms with E-state index in [2.05, 4.69) is 10.6 Å². The zero-order valence-electron chi connectivity index (χ0n) is 24.5. The zero-order valence-corrected chi connectivity index (χ0v) is 24.5. The molecular weight excluding hydrogens is 470 g/mol. The average Bonchev–Trinajstić information content (AvgIpc) is 2.77. The first-order valence-electron chi connectivity index (χ1n) is 13.4. The normalized spacial score (nSPS) is 13.6. The maximum absolute atomic E-state index is 14.3. The van der Waals surface area contributed by atoms with Crippen molar-refractivity contribution in [3.63, 3.8) is 0 Å². The molecule has 1 aromatic rings. The second-order valence-corrected chi connectivity index (χ2v) is 11.8. The van der Waals surface area contributed by atoms with Gasteiger partial charge in [-0.2, -0.15) is 0 Å². The molecule has 3 amide bonds. The van der Waals surface area contributed by atoms with Crippen LogP contribution in [0.5, 0.6) is 5.75 Å². The van der Waals surface area contributed by atoms with Crippen molar-refractivity contribution in [3.8, 4) is 5.75 Å². The fourth-order valence-electron chi connectivity index (χ4n) is 4.04. The Balaban J connectivity index is 3.68. The van der Waals surface area contributed by atoms with Crippen LogP contribution < -0.4 is 10.6 Å². The summed E-state index contributed by atoms with van der Waals surface area (Å²) in [7, 11) is 0. The Morgan fingerprint density at radius 1 is 1.08 bits per heavy atom. The van der Waals surface area contributed by atoms with E-state index in [1.807, 2.05) is 41.5 Å². The smallest absolute Gasteiger partial charge is 0.408 e. The molecule has 210 valence electrons. The number of phenols is 1. The van der Waals surface area contributed by atoms with E-state index in [4.69, 9.17) is 4.74 Å². The van der Waals surface area contributed by atoms with Gasteiger partial charge >= 0.3 is 6.09 Å². The lowest BCUT2D eigenvalue weighted by Gasteiger charge is -2.45. The Labute approximate surface area is 223 Å². The lowest BCUT2D eigenvalue weighted by atomic mass is 9.90. The molecule has 0 bridgehead atoms. The van der Waals surface area contributed by atoms with Crippen LogP contribution in [0.15, 0.2) is 18.2 Å². The highest BCUT2D eigenvalue weighted by atomic mass is 16.6. The van der Waals surface area contributed by atoms with Crippen LogP contribution in [0.3, 0.4) is 0 Å². The first-order chi connectivity index (χ1) is 17.1. The second-order valence-electron chi connectivity index (χ2n) is 11.8. The van der Waals surface area contributed by atoms with Crippen LogP contribution in [-0.4, -0.2) is 51.6 Å². The van der Waals surface area contributed by atoms with Crippen LogP contribution in [0.1, 0.15) is 105 Å². The van der Waals surface area contributed by atoms with Crippen molar-refractivity contribution in [2.75, 3.05) is 6.54 Å². The number of unbranched alkanes of at least 4 members (excludes halogenated alkanes) is 1. The number of amides is 3. The summed E-state index contributed by atoms with van der Waals surface area (Å²) in [5.41, 5.74) is -0.543. The van der Waals surface area contributed by atoms with Gasteiger partial charge in [-0.05, 0) is 72.3 Å². The van der Waals surface area contributed by atoms with Gasteiger partial charge in [0, 0.05) is 17.6 Å². The van der Waals surface area contributed by atoms with E-state index in [-0.39, 0.29) is 17.6 Å². The summed E-state index contributed by atoms with van der Waals surface area (Å²) in [6.45, 7) is 19.2. The van der Waals surface area contributed by atoms with Crippen molar-refractivity contribution in [2.45, 2.75) is 118 Å². The molecule has 0 fully saturated rings. The molecule has 8 heteroatoms. The molecule has 0 aliphatic heterocycles. The lowest BCUT2D eigenvalue weighted by molar-refractivity contribution is -0.149. The number of hydrogen-bond acceptors (Lipinski definition) is 5. The number of para-hydroxylation sites is 1. The molecule has 0 saturated carbocycles. The number of nitrogens with zero attached hydrogens (tertiary/aromatic N) is 1. The Morgan fingerprint density at radius 2 is 1.70 bits per heavy atom. The summed E-state index contributed by atoms with van der Waals surface area (Å²) in [6, 6.07) is 3.20. The van der Waals surface area contributed by atoms with E-state index in [9.17, 15) is 19.5 Å². The molecule has 3 N–H and O–H groups in total. The fourth-order valence-corrected chi connectivity index (χ4v) is 4.04. The van der Waals surface area contributed by atoms with Gasteiger partial charge in [0.25, 0.3) is 0 Å². The number of nitrogens with one attached hydrogen (secondary N) is 2. The molecule has 0 heterocycles. The minimum Gasteiger partial charge on any atom is -0.507 e. The third kappa shape index (κ3) is 9.56. The second kappa shape index (κ2) is 13.7. The highest BCUT2D eigenvalue weighted by Gasteiger charge is 2.44. The van der Waals surface area contributed by atoms with Gasteiger partial charge < -0.3 is 25.4 Å². The van der Waals surface area contributed by atoms with E-state index in [1.165, 1.54) is 4.90 Å². The highest BCUT2D eigenvalue weighted by Crippen LogP contribution is 2.37. The number of alkyl carbamates (subject to hydrolysis) is 1. The Kier molecular flexibility index (Phi) is 11.9. The molecule has 37 heavy (non-hydrogen) atoms. The average molecular weight is 520 g/mol. The third-order valence-electron chi connectivity index (χ3n) is 6.35. The maximum Gasteiger partial charge on any atom is 0.408 e. The number of carbonyl (C=O) groups is 3. The molecule has 0 saturated heterocycles. The standard InChI is InChI=1S/C29H49N3O5/c1-11-13-17-30-25(34)23(21-16-14-15-20(5)24(21)33)32(29(9,10)12-2)26(35)22(18-19(3)4)31-27(36)37-28(6,7)8/h14-16,19,22-23,33H,11-13,17-18H2,1-10H3,(H,30,34)(H,31,36). The molecule has 0 aliphatic rings. The molecule has 1 aromatic carbocycles. The molecular formula is C29H49N3O5. The van der Waals surface area contributed by atoms with Crippen LogP contribution in [0.4, 0.5) is 4.79 Å². The van der Waals surface area contributed by atoms with Gasteiger partial charge in [-0.25, -0.2) is 4.79 Å². The molecule has 8 nitrogen and oxygen atoms in total. The number of rotatable bonds is 12. The van der Waals surface area contributed by atoms with E-state index < -0.39 is 35.2 Å². The molecule has 0 radical (unpaired) electrons. The maximum atomic E-state index is 14.3. The van der Waals surface area contributed by atoms with Gasteiger partial charge in [0.1, 0.15) is 23.4 Å². The van der Waals surface area contributed by atoms with Crippen LogP contribution >= 0.6 is 0 Å². The van der Waals surface area contributed by atoms with Gasteiger partial charge in [0.2, 0.25) is 11.8 Å². The Morgan fingerprint density at radius 3 is 2.22 bits per heavy atom. The number of ether oxygens (including phenoxy) is 1. The highest BCUT2D eigenvalue weighted by molar-refractivity contribution is 5.93. The van der Waals surface area contributed by atoms with Crippen molar-refractivity contribution < 1.29 is 24.2 Å². The first kappa shape index (κ1) is 32.3. The van der Waals surface area contributed by atoms with Gasteiger partial charge in [-0.3, -0.25) is 9.59 Å². The predicted molar refractivity (Wildman–Crippen MR) is 147 cm³/mol. The number of carbonyl (C=O) groups excluding carboxylic acids is 3. The number of aromatic hydroxyl groups is 1. The van der Waals surface area contributed by atoms with Gasteiger partial charge in [-0.15, -0.1) is 0 Å². The molecule has 0 aromatic heterocycles. The number of aryl methyl sites for hydroxylation is 1. The Bertz CT molecular complexity index is 921. The molecule has 0 aliphatic carbocycles. The number of hydrogen-bond donors (Lipinski definition) is 3. The van der Waals surface area contributed by atoms with E-state index in [1.54, 1.807) is 45.9 Å². The minimum atomic E-state index is -1.09. The van der Waals surface area contributed by atoms with Crippen molar-refractivity contribution in [3.05, 3.63) is 29.3 Å². The van der Waals surface area contributed by atoms with Crippen molar-refractivity contribution >= 4 is 17.9 Å². The summed E-state index contributed by atoms with van der Waals surface area (Å²) in [5.74, 6) is -0.712. The molecule has 2 unspecified atom stereocenters. The summed E-state index contributed by atoms with van der Waals surface area (Å²) in [6.07, 6.45) is 1.91. The monoisotopic (exact) mass is 519 g/mol. The first-order valence-corrected chi connectivity index (χ1v) is 13.4. The van der Waals surface area contributed by atoms with Crippen LogP contribution in [0.2, 0.25) is 0 Å². The van der Waals surface area contributed by atoms with Crippen LogP contribution in [0.25, 0.3) is 0 Å².